The molecule has 10 heteroatoms. The Morgan fingerprint density at radius 1 is 1.11 bits per heavy atom. The van der Waals surface area contributed by atoms with Crippen molar-refractivity contribution in [3.05, 3.63) is 39.7 Å². The predicted octanol–water partition coefficient (Wildman–Crippen LogP) is 2.04. The van der Waals surface area contributed by atoms with Crippen molar-refractivity contribution in [3.8, 4) is 5.75 Å². The first kappa shape index (κ1) is 27.4. The minimum atomic E-state index is -3.00. The summed E-state index contributed by atoms with van der Waals surface area (Å²) in [6.07, 6.45) is 2.06. The SMILES string of the molecule is CN(C)c1cc(CCCC(C)(C)C)c(O)c2c1CC1CC3C(=O)C(O)=C(C(N)=O)C(=O)[C@@]3(O)C(=O)C1=C2O. The molecule has 0 bridgehead atoms. The molecule has 0 saturated heterocycles. The van der Waals surface area contributed by atoms with Crippen LogP contribution in [0.2, 0.25) is 0 Å². The molecule has 1 fully saturated rings. The fraction of sp³-hybridized carbons (Fsp3) is 0.500. The second-order valence-corrected chi connectivity index (χ2v) is 11.9. The Morgan fingerprint density at radius 2 is 1.74 bits per heavy atom. The number of anilines is 1. The number of amides is 1. The standard InChI is InChI=1S/C28H34N2O8/c1-27(2,3)8-6-7-12-11-16(30(4)5)14-9-13-10-15-21(32)23(34)19(26(29)37)25(36)28(15,38)24(35)17(13)22(33)18(14)20(12)31/h11,13,15,31,33-34,38H,6-10H2,1-5H3,(H2,29,37)/t13?,15?,28-/m0/s1. The lowest BCUT2D eigenvalue weighted by Gasteiger charge is -2.45. The molecule has 1 aromatic rings. The van der Waals surface area contributed by atoms with E-state index in [4.69, 9.17) is 5.73 Å². The van der Waals surface area contributed by atoms with Crippen LogP contribution in [0.4, 0.5) is 5.69 Å². The van der Waals surface area contributed by atoms with Gasteiger partial charge in [0.2, 0.25) is 23.0 Å². The van der Waals surface area contributed by atoms with E-state index in [9.17, 15) is 39.6 Å². The summed E-state index contributed by atoms with van der Waals surface area (Å²) in [5.74, 6) is -9.69. The first-order valence-corrected chi connectivity index (χ1v) is 12.6. The summed E-state index contributed by atoms with van der Waals surface area (Å²) in [5, 5.41) is 44.2. The van der Waals surface area contributed by atoms with Crippen LogP contribution in [-0.4, -0.2) is 63.4 Å². The van der Waals surface area contributed by atoms with Gasteiger partial charge in [-0.25, -0.2) is 0 Å². The Morgan fingerprint density at radius 3 is 2.29 bits per heavy atom. The molecule has 204 valence electrons. The average Bonchev–Trinajstić information content (AvgIpc) is 2.79. The van der Waals surface area contributed by atoms with E-state index >= 15 is 0 Å². The van der Waals surface area contributed by atoms with Crippen molar-refractivity contribution in [1.29, 1.82) is 0 Å². The highest BCUT2D eigenvalue weighted by molar-refractivity contribution is 6.37. The number of hydrogen-bond acceptors (Lipinski definition) is 9. The van der Waals surface area contributed by atoms with Crippen LogP contribution in [0.1, 0.15) is 56.7 Å². The van der Waals surface area contributed by atoms with E-state index < -0.39 is 57.8 Å². The van der Waals surface area contributed by atoms with Gasteiger partial charge in [-0.15, -0.1) is 0 Å². The van der Waals surface area contributed by atoms with Crippen LogP contribution in [0.3, 0.4) is 0 Å². The zero-order valence-corrected chi connectivity index (χ0v) is 22.2. The van der Waals surface area contributed by atoms with Crippen molar-refractivity contribution in [2.75, 3.05) is 19.0 Å². The number of fused-ring (bicyclic) bond motifs is 3. The maximum atomic E-state index is 13.7. The number of aliphatic hydroxyl groups is 3. The minimum Gasteiger partial charge on any atom is -0.507 e. The Hall–Kier alpha value is -3.66. The fourth-order valence-corrected chi connectivity index (χ4v) is 5.97. The maximum Gasteiger partial charge on any atom is 0.256 e. The lowest BCUT2D eigenvalue weighted by Crippen LogP contribution is -2.64. The summed E-state index contributed by atoms with van der Waals surface area (Å²) >= 11 is 0. The van der Waals surface area contributed by atoms with Gasteiger partial charge in [-0.05, 0) is 60.6 Å². The number of nitrogens with two attached hydrogens (primary N) is 1. The molecule has 4 rings (SSSR count). The molecular formula is C28H34N2O8. The number of carbonyl (C=O) groups excluding carboxylic acids is 4. The van der Waals surface area contributed by atoms with Gasteiger partial charge in [0.05, 0.1) is 11.5 Å². The quantitative estimate of drug-likeness (QED) is 0.283. The minimum absolute atomic E-state index is 0.0479. The number of benzene rings is 1. The topological polar surface area (TPSA) is 178 Å². The van der Waals surface area contributed by atoms with Crippen LogP contribution in [0.5, 0.6) is 5.75 Å². The zero-order valence-electron chi connectivity index (χ0n) is 22.2. The second-order valence-electron chi connectivity index (χ2n) is 11.9. The predicted molar refractivity (Wildman–Crippen MR) is 138 cm³/mol. The van der Waals surface area contributed by atoms with E-state index in [1.807, 2.05) is 25.1 Å². The molecule has 2 unspecified atom stereocenters. The number of carbonyl (C=O) groups is 4. The van der Waals surface area contributed by atoms with Gasteiger partial charge in [0.25, 0.3) is 5.91 Å². The fourth-order valence-electron chi connectivity index (χ4n) is 5.97. The molecule has 1 amide bonds. The largest absolute Gasteiger partial charge is 0.507 e. The summed E-state index contributed by atoms with van der Waals surface area (Å²) in [4.78, 5) is 53.3. The van der Waals surface area contributed by atoms with Crippen molar-refractivity contribution >= 4 is 34.7 Å². The van der Waals surface area contributed by atoms with Crippen molar-refractivity contribution in [2.45, 2.75) is 58.5 Å². The molecule has 3 aliphatic carbocycles. The van der Waals surface area contributed by atoms with Gasteiger partial charge in [0.1, 0.15) is 17.1 Å². The number of primary amides is 1. The smallest absolute Gasteiger partial charge is 0.256 e. The summed E-state index contributed by atoms with van der Waals surface area (Å²) in [5.41, 5.74) is 2.70. The van der Waals surface area contributed by atoms with Crippen molar-refractivity contribution in [2.24, 2.45) is 23.0 Å². The molecule has 0 spiro atoms. The molecule has 10 nitrogen and oxygen atoms in total. The molecule has 6 N–H and O–H groups in total. The molecule has 0 radical (unpaired) electrons. The third-order valence-corrected chi connectivity index (χ3v) is 7.89. The molecule has 0 aliphatic heterocycles. The van der Waals surface area contributed by atoms with E-state index in [1.165, 1.54) is 0 Å². The Bertz CT molecular complexity index is 1350. The van der Waals surface area contributed by atoms with Crippen molar-refractivity contribution in [1.82, 2.24) is 0 Å². The van der Waals surface area contributed by atoms with E-state index in [1.54, 1.807) is 0 Å². The van der Waals surface area contributed by atoms with Gasteiger partial charge in [-0.1, -0.05) is 20.8 Å². The Kier molecular flexibility index (Phi) is 6.46. The Labute approximate surface area is 220 Å². The third kappa shape index (κ3) is 3.98. The van der Waals surface area contributed by atoms with Crippen LogP contribution in [-0.2, 0) is 32.0 Å². The number of aromatic hydroxyl groups is 1. The van der Waals surface area contributed by atoms with Crippen LogP contribution >= 0.6 is 0 Å². The number of Topliss-reactive ketones (excluding diaryl/α,β-unsaturated/α-hetero) is 3. The number of aliphatic hydroxyl groups excluding tert-OH is 2. The normalized spacial score (nSPS) is 25.3. The van der Waals surface area contributed by atoms with Gasteiger partial charge in [0.15, 0.2) is 5.76 Å². The van der Waals surface area contributed by atoms with E-state index in [0.717, 1.165) is 12.8 Å². The van der Waals surface area contributed by atoms with E-state index in [-0.39, 0.29) is 35.1 Å². The van der Waals surface area contributed by atoms with Crippen LogP contribution in [0.15, 0.2) is 23.0 Å². The number of phenolic OH excluding ortho intramolecular Hbond substituents is 1. The van der Waals surface area contributed by atoms with Gasteiger partial charge in [0, 0.05) is 25.4 Å². The first-order chi connectivity index (χ1) is 17.5. The molecule has 38 heavy (non-hydrogen) atoms. The summed E-state index contributed by atoms with van der Waals surface area (Å²) in [6.45, 7) is 6.34. The number of ketones is 3. The van der Waals surface area contributed by atoms with Gasteiger partial charge >= 0.3 is 0 Å². The van der Waals surface area contributed by atoms with Crippen LogP contribution in [0, 0.1) is 17.3 Å². The molecule has 0 heterocycles. The Balaban J connectivity index is 1.88. The number of rotatable bonds is 5. The molecule has 3 atom stereocenters. The first-order valence-electron chi connectivity index (χ1n) is 12.6. The highest BCUT2D eigenvalue weighted by Gasteiger charge is 2.64. The number of hydrogen-bond donors (Lipinski definition) is 5. The summed E-state index contributed by atoms with van der Waals surface area (Å²) in [6, 6.07) is 1.85. The lowest BCUT2D eigenvalue weighted by atomic mass is 9.58. The molecule has 1 aromatic carbocycles. The molecule has 0 aromatic heterocycles. The number of phenols is 1. The maximum absolute atomic E-state index is 13.7. The van der Waals surface area contributed by atoms with Gasteiger partial charge in [-0.2, -0.15) is 0 Å². The molecule has 3 aliphatic rings. The number of allylic oxidation sites excluding steroid dienone is 1. The monoisotopic (exact) mass is 526 g/mol. The highest BCUT2D eigenvalue weighted by Crippen LogP contribution is 2.52. The van der Waals surface area contributed by atoms with Crippen LogP contribution < -0.4 is 10.6 Å². The van der Waals surface area contributed by atoms with Gasteiger partial charge in [-0.3, -0.25) is 19.2 Å². The highest BCUT2D eigenvalue weighted by atomic mass is 16.3. The van der Waals surface area contributed by atoms with Crippen molar-refractivity contribution in [3.63, 3.8) is 0 Å². The number of nitrogens with zero attached hydrogens (tertiary/aromatic N) is 1. The average molecular weight is 527 g/mol. The summed E-state index contributed by atoms with van der Waals surface area (Å²) in [7, 11) is 3.62. The van der Waals surface area contributed by atoms with E-state index in [0.29, 0.717) is 23.2 Å². The van der Waals surface area contributed by atoms with Crippen LogP contribution in [0.25, 0.3) is 5.76 Å². The lowest BCUT2D eigenvalue weighted by molar-refractivity contribution is -0.163. The second kappa shape index (κ2) is 8.97. The van der Waals surface area contributed by atoms with Gasteiger partial charge < -0.3 is 31.1 Å². The number of aryl methyl sites for hydroxylation is 1. The molecule has 1 saturated carbocycles. The summed E-state index contributed by atoms with van der Waals surface area (Å²) < 4.78 is 0. The van der Waals surface area contributed by atoms with E-state index in [2.05, 4.69) is 20.8 Å². The van der Waals surface area contributed by atoms with Crippen molar-refractivity contribution < 1.29 is 39.6 Å². The molecular weight excluding hydrogens is 492 g/mol. The third-order valence-electron chi connectivity index (χ3n) is 7.89. The zero-order chi connectivity index (χ0) is 28.5.